The molecule has 0 spiro atoms. The molecule has 94 valence electrons. The van der Waals surface area contributed by atoms with Gasteiger partial charge in [0.2, 0.25) is 0 Å². The Labute approximate surface area is 111 Å². The van der Waals surface area contributed by atoms with Gasteiger partial charge >= 0.3 is 0 Å². The number of hydrogen-bond donors (Lipinski definition) is 1. The van der Waals surface area contributed by atoms with E-state index in [0.717, 1.165) is 22.0 Å². The Hall–Kier alpha value is -1.39. The van der Waals surface area contributed by atoms with Gasteiger partial charge in [0, 0.05) is 17.6 Å². The van der Waals surface area contributed by atoms with Gasteiger partial charge in [-0.15, -0.1) is 0 Å². The molecule has 1 aromatic carbocycles. The van der Waals surface area contributed by atoms with E-state index in [1.807, 2.05) is 20.2 Å². The van der Waals surface area contributed by atoms with E-state index in [9.17, 15) is 4.39 Å². The van der Waals surface area contributed by atoms with Gasteiger partial charge in [-0.05, 0) is 49.4 Å². The average Bonchev–Trinajstić information content (AvgIpc) is 2.36. The number of halogens is 1. The third kappa shape index (κ3) is 3.31. The summed E-state index contributed by atoms with van der Waals surface area (Å²) in [6.07, 6.45) is 1.87. The Balaban J connectivity index is 2.16. The third-order valence-corrected chi connectivity index (χ3v) is 3.62. The zero-order valence-electron chi connectivity index (χ0n) is 10.4. The van der Waals surface area contributed by atoms with Crippen LogP contribution in [0.4, 0.5) is 4.39 Å². The smallest absolute Gasteiger partial charge is 0.123 e. The first-order valence-corrected chi connectivity index (χ1v) is 6.54. The van der Waals surface area contributed by atoms with Gasteiger partial charge in [-0.3, -0.25) is 0 Å². The average molecular weight is 262 g/mol. The summed E-state index contributed by atoms with van der Waals surface area (Å²) in [5, 5.41) is 4.06. The molecular formula is C14H15FN2S. The van der Waals surface area contributed by atoms with E-state index in [0.29, 0.717) is 0 Å². The molecule has 0 fully saturated rings. The van der Waals surface area contributed by atoms with Crippen molar-refractivity contribution >= 4 is 11.8 Å². The van der Waals surface area contributed by atoms with Crippen LogP contribution in [0.1, 0.15) is 11.1 Å². The van der Waals surface area contributed by atoms with Crippen LogP contribution < -0.4 is 5.32 Å². The lowest BCUT2D eigenvalue weighted by Gasteiger charge is -2.07. The SMILES string of the molecule is CNCc1cnc(Sc2ccc(F)cc2)c(C)c1. The molecule has 2 aromatic rings. The second-order valence-electron chi connectivity index (χ2n) is 4.05. The largest absolute Gasteiger partial charge is 0.316 e. The number of benzene rings is 1. The van der Waals surface area contributed by atoms with Gasteiger partial charge in [0.25, 0.3) is 0 Å². The van der Waals surface area contributed by atoms with Crippen LogP contribution in [0, 0.1) is 12.7 Å². The van der Waals surface area contributed by atoms with Crippen molar-refractivity contribution in [1.29, 1.82) is 0 Å². The summed E-state index contributed by atoms with van der Waals surface area (Å²) in [5.41, 5.74) is 2.30. The first-order chi connectivity index (χ1) is 8.69. The summed E-state index contributed by atoms with van der Waals surface area (Å²) in [4.78, 5) is 5.44. The second kappa shape index (κ2) is 5.98. The van der Waals surface area contributed by atoms with Crippen molar-refractivity contribution in [1.82, 2.24) is 10.3 Å². The Kier molecular flexibility index (Phi) is 4.33. The molecule has 0 bridgehead atoms. The fraction of sp³-hybridized carbons (Fsp3) is 0.214. The van der Waals surface area contributed by atoms with E-state index in [4.69, 9.17) is 0 Å². The summed E-state index contributed by atoms with van der Waals surface area (Å²) in [5.74, 6) is -0.214. The lowest BCUT2D eigenvalue weighted by molar-refractivity contribution is 0.626. The summed E-state index contributed by atoms with van der Waals surface area (Å²) < 4.78 is 12.8. The van der Waals surface area contributed by atoms with Crippen LogP contribution in [0.5, 0.6) is 0 Å². The molecular weight excluding hydrogens is 247 g/mol. The van der Waals surface area contributed by atoms with E-state index >= 15 is 0 Å². The zero-order chi connectivity index (χ0) is 13.0. The van der Waals surface area contributed by atoms with Crippen LogP contribution in [0.25, 0.3) is 0 Å². The standard InChI is InChI=1S/C14H15FN2S/c1-10-7-11(8-16-2)9-17-14(10)18-13-5-3-12(15)4-6-13/h3-7,9,16H,8H2,1-2H3. The van der Waals surface area contributed by atoms with Gasteiger partial charge in [-0.25, -0.2) is 9.37 Å². The summed E-state index contributed by atoms with van der Waals surface area (Å²) in [6, 6.07) is 8.58. The molecule has 0 unspecified atom stereocenters. The molecule has 0 radical (unpaired) electrons. The zero-order valence-corrected chi connectivity index (χ0v) is 11.2. The lowest BCUT2D eigenvalue weighted by atomic mass is 10.2. The topological polar surface area (TPSA) is 24.9 Å². The molecule has 1 aromatic heterocycles. The Morgan fingerprint density at radius 3 is 2.61 bits per heavy atom. The molecule has 2 nitrogen and oxygen atoms in total. The van der Waals surface area contributed by atoms with E-state index in [2.05, 4.69) is 16.4 Å². The summed E-state index contributed by atoms with van der Waals surface area (Å²) in [6.45, 7) is 2.85. The van der Waals surface area contributed by atoms with Crippen molar-refractivity contribution in [2.24, 2.45) is 0 Å². The number of nitrogens with zero attached hydrogens (tertiary/aromatic N) is 1. The highest BCUT2D eigenvalue weighted by Gasteiger charge is 2.04. The maximum atomic E-state index is 12.8. The first-order valence-electron chi connectivity index (χ1n) is 5.72. The molecule has 4 heteroatoms. The quantitative estimate of drug-likeness (QED) is 0.914. The third-order valence-electron chi connectivity index (χ3n) is 2.50. The normalized spacial score (nSPS) is 10.6. The molecule has 0 aliphatic rings. The summed E-state index contributed by atoms with van der Waals surface area (Å²) in [7, 11) is 1.91. The molecule has 0 saturated carbocycles. The maximum absolute atomic E-state index is 12.8. The highest BCUT2D eigenvalue weighted by Crippen LogP contribution is 2.28. The van der Waals surface area contributed by atoms with Crippen molar-refractivity contribution < 1.29 is 4.39 Å². The van der Waals surface area contributed by atoms with E-state index in [-0.39, 0.29) is 5.82 Å². The van der Waals surface area contributed by atoms with Gasteiger partial charge in [0.05, 0.1) is 0 Å². The molecule has 0 saturated heterocycles. The summed E-state index contributed by atoms with van der Waals surface area (Å²) >= 11 is 1.55. The van der Waals surface area contributed by atoms with Crippen LogP contribution in [-0.4, -0.2) is 12.0 Å². The minimum Gasteiger partial charge on any atom is -0.316 e. The van der Waals surface area contributed by atoms with E-state index < -0.39 is 0 Å². The molecule has 0 aliphatic heterocycles. The predicted octanol–water partition coefficient (Wildman–Crippen LogP) is 3.40. The number of rotatable bonds is 4. The van der Waals surface area contributed by atoms with Crippen LogP contribution in [0.15, 0.2) is 46.5 Å². The predicted molar refractivity (Wildman–Crippen MR) is 72.3 cm³/mol. The molecule has 0 aliphatic carbocycles. The molecule has 2 rings (SSSR count). The van der Waals surface area contributed by atoms with Crippen molar-refractivity contribution in [3.63, 3.8) is 0 Å². The van der Waals surface area contributed by atoms with E-state index in [1.54, 1.807) is 23.9 Å². The number of hydrogen-bond acceptors (Lipinski definition) is 3. The fourth-order valence-electron chi connectivity index (χ4n) is 1.64. The van der Waals surface area contributed by atoms with Gasteiger partial charge in [-0.2, -0.15) is 0 Å². The van der Waals surface area contributed by atoms with Crippen LogP contribution in [0.2, 0.25) is 0 Å². The fourth-order valence-corrected chi connectivity index (χ4v) is 2.46. The number of pyridine rings is 1. The lowest BCUT2D eigenvalue weighted by Crippen LogP contribution is -2.05. The van der Waals surface area contributed by atoms with Gasteiger partial charge in [-0.1, -0.05) is 17.8 Å². The maximum Gasteiger partial charge on any atom is 0.123 e. The number of aromatic nitrogens is 1. The Bertz CT molecular complexity index is 526. The molecule has 0 atom stereocenters. The van der Waals surface area contributed by atoms with Crippen LogP contribution >= 0.6 is 11.8 Å². The molecule has 18 heavy (non-hydrogen) atoms. The monoisotopic (exact) mass is 262 g/mol. The minimum absolute atomic E-state index is 0.214. The number of nitrogens with one attached hydrogen (secondary N) is 1. The van der Waals surface area contributed by atoms with Gasteiger partial charge in [0.15, 0.2) is 0 Å². The Morgan fingerprint density at radius 2 is 2.00 bits per heavy atom. The van der Waals surface area contributed by atoms with Crippen molar-refractivity contribution in [3.05, 3.63) is 53.5 Å². The molecule has 1 N–H and O–H groups in total. The van der Waals surface area contributed by atoms with Crippen molar-refractivity contribution in [3.8, 4) is 0 Å². The highest BCUT2D eigenvalue weighted by atomic mass is 32.2. The van der Waals surface area contributed by atoms with Crippen LogP contribution in [-0.2, 0) is 6.54 Å². The van der Waals surface area contributed by atoms with E-state index in [1.165, 1.54) is 17.7 Å². The molecule has 1 heterocycles. The van der Waals surface area contributed by atoms with Gasteiger partial charge < -0.3 is 5.32 Å². The Morgan fingerprint density at radius 1 is 1.28 bits per heavy atom. The second-order valence-corrected chi connectivity index (χ2v) is 5.11. The van der Waals surface area contributed by atoms with Crippen molar-refractivity contribution in [2.45, 2.75) is 23.4 Å². The first kappa shape index (κ1) is 13.1. The number of aryl methyl sites for hydroxylation is 1. The minimum atomic E-state index is -0.214. The van der Waals surface area contributed by atoms with Gasteiger partial charge in [0.1, 0.15) is 10.8 Å². The van der Waals surface area contributed by atoms with Crippen LogP contribution in [0.3, 0.4) is 0 Å². The molecule has 0 amide bonds. The van der Waals surface area contributed by atoms with Crippen molar-refractivity contribution in [2.75, 3.05) is 7.05 Å². The highest BCUT2D eigenvalue weighted by molar-refractivity contribution is 7.99.